The molecule has 0 fully saturated rings. The SMILES string of the molecule is CN(C)c1ccc(NC(=O)c2cc(-c3ccco3)nn2-c2ccccc2)cc1. The average molecular weight is 372 g/mol. The summed E-state index contributed by atoms with van der Waals surface area (Å²) < 4.78 is 7.07. The molecule has 1 amide bonds. The van der Waals surface area contributed by atoms with Crippen LogP contribution in [0, 0.1) is 0 Å². The number of nitrogens with one attached hydrogen (secondary N) is 1. The summed E-state index contributed by atoms with van der Waals surface area (Å²) in [6, 6.07) is 22.6. The van der Waals surface area contributed by atoms with Crippen LogP contribution in [0.3, 0.4) is 0 Å². The van der Waals surface area contributed by atoms with Crippen LogP contribution >= 0.6 is 0 Å². The average Bonchev–Trinajstić information content (AvgIpc) is 3.39. The van der Waals surface area contributed by atoms with Gasteiger partial charge in [0.2, 0.25) is 0 Å². The summed E-state index contributed by atoms with van der Waals surface area (Å²) in [5, 5.41) is 7.52. The van der Waals surface area contributed by atoms with E-state index in [0.717, 1.165) is 17.1 Å². The first-order chi connectivity index (χ1) is 13.6. The molecule has 0 aliphatic heterocycles. The van der Waals surface area contributed by atoms with Crippen molar-refractivity contribution in [3.63, 3.8) is 0 Å². The Kier molecular flexibility index (Phi) is 4.68. The highest BCUT2D eigenvalue weighted by atomic mass is 16.3. The molecule has 0 atom stereocenters. The quantitative estimate of drug-likeness (QED) is 0.562. The topological polar surface area (TPSA) is 63.3 Å². The highest BCUT2D eigenvalue weighted by molar-refractivity contribution is 6.04. The van der Waals surface area contributed by atoms with Gasteiger partial charge in [-0.2, -0.15) is 5.10 Å². The van der Waals surface area contributed by atoms with Crippen LogP contribution in [0.15, 0.2) is 83.5 Å². The Bertz CT molecular complexity index is 1070. The van der Waals surface area contributed by atoms with Crippen molar-refractivity contribution in [3.05, 3.63) is 84.8 Å². The van der Waals surface area contributed by atoms with Crippen LogP contribution in [0.4, 0.5) is 11.4 Å². The summed E-state index contributed by atoms with van der Waals surface area (Å²) >= 11 is 0. The van der Waals surface area contributed by atoms with E-state index in [1.807, 2.05) is 79.7 Å². The summed E-state index contributed by atoms with van der Waals surface area (Å²) in [7, 11) is 3.95. The fraction of sp³-hybridized carbons (Fsp3) is 0.0909. The van der Waals surface area contributed by atoms with Gasteiger partial charge in [0.05, 0.1) is 12.0 Å². The number of rotatable bonds is 5. The molecule has 0 saturated carbocycles. The van der Waals surface area contributed by atoms with Crippen LogP contribution in [0.5, 0.6) is 0 Å². The third kappa shape index (κ3) is 3.53. The van der Waals surface area contributed by atoms with Gasteiger partial charge < -0.3 is 14.6 Å². The van der Waals surface area contributed by atoms with Gasteiger partial charge in [0.15, 0.2) is 5.76 Å². The first kappa shape index (κ1) is 17.6. The Labute approximate surface area is 163 Å². The lowest BCUT2D eigenvalue weighted by molar-refractivity contribution is 0.101. The molecule has 0 radical (unpaired) electrons. The maximum atomic E-state index is 13.0. The Morgan fingerprint density at radius 3 is 2.39 bits per heavy atom. The van der Waals surface area contributed by atoms with Gasteiger partial charge >= 0.3 is 0 Å². The zero-order valence-corrected chi connectivity index (χ0v) is 15.7. The standard InChI is InChI=1S/C22H20N4O2/c1-25(2)17-12-10-16(11-13-17)23-22(27)20-15-19(21-9-6-14-28-21)24-26(20)18-7-4-3-5-8-18/h3-15H,1-2H3,(H,23,27). The van der Waals surface area contributed by atoms with Crippen LogP contribution in [0.2, 0.25) is 0 Å². The third-order valence-electron chi connectivity index (χ3n) is 4.36. The van der Waals surface area contributed by atoms with Crippen LogP contribution in [0.1, 0.15) is 10.5 Å². The number of hydrogen-bond donors (Lipinski definition) is 1. The third-order valence-corrected chi connectivity index (χ3v) is 4.36. The van der Waals surface area contributed by atoms with Gasteiger partial charge in [-0.25, -0.2) is 4.68 Å². The van der Waals surface area contributed by atoms with E-state index >= 15 is 0 Å². The molecule has 2 aromatic heterocycles. The van der Waals surface area contributed by atoms with Gasteiger partial charge in [0.1, 0.15) is 11.4 Å². The zero-order chi connectivity index (χ0) is 19.5. The fourth-order valence-corrected chi connectivity index (χ4v) is 2.89. The molecule has 0 aliphatic carbocycles. The normalized spacial score (nSPS) is 10.6. The predicted octanol–water partition coefficient (Wildman–Crippen LogP) is 4.45. The van der Waals surface area contributed by atoms with Crippen molar-refractivity contribution < 1.29 is 9.21 Å². The molecule has 1 N–H and O–H groups in total. The summed E-state index contributed by atoms with van der Waals surface area (Å²) in [4.78, 5) is 15.0. The van der Waals surface area contributed by atoms with Crippen LogP contribution in [-0.2, 0) is 0 Å². The maximum absolute atomic E-state index is 13.0. The molecular weight excluding hydrogens is 352 g/mol. The van der Waals surface area contributed by atoms with Gasteiger partial charge in [0, 0.05) is 31.5 Å². The molecule has 2 heterocycles. The van der Waals surface area contributed by atoms with E-state index in [1.54, 1.807) is 23.1 Å². The molecule has 0 unspecified atom stereocenters. The monoisotopic (exact) mass is 372 g/mol. The van der Waals surface area contributed by atoms with Crippen LogP contribution < -0.4 is 10.2 Å². The fourth-order valence-electron chi connectivity index (χ4n) is 2.89. The van der Waals surface area contributed by atoms with E-state index in [4.69, 9.17) is 4.42 Å². The number of nitrogens with zero attached hydrogens (tertiary/aromatic N) is 3. The number of aromatic nitrogens is 2. The van der Waals surface area contributed by atoms with Gasteiger partial charge in [-0.3, -0.25) is 4.79 Å². The van der Waals surface area contributed by atoms with Crippen molar-refractivity contribution >= 4 is 17.3 Å². The first-order valence-electron chi connectivity index (χ1n) is 8.90. The molecule has 4 rings (SSSR count). The van der Waals surface area contributed by atoms with Gasteiger partial charge in [-0.05, 0) is 48.5 Å². The van der Waals surface area contributed by atoms with Gasteiger partial charge in [-0.1, -0.05) is 18.2 Å². The Hall–Kier alpha value is -3.80. The van der Waals surface area contributed by atoms with Crippen molar-refractivity contribution in [2.24, 2.45) is 0 Å². The lowest BCUT2D eigenvalue weighted by Crippen LogP contribution is -2.17. The maximum Gasteiger partial charge on any atom is 0.274 e. The van der Waals surface area contributed by atoms with Crippen LogP contribution in [-0.4, -0.2) is 29.8 Å². The number of furan rings is 1. The molecule has 6 nitrogen and oxygen atoms in total. The summed E-state index contributed by atoms with van der Waals surface area (Å²) in [6.45, 7) is 0. The second kappa shape index (κ2) is 7.44. The lowest BCUT2D eigenvalue weighted by Gasteiger charge is -2.13. The Morgan fingerprint density at radius 2 is 1.75 bits per heavy atom. The highest BCUT2D eigenvalue weighted by Gasteiger charge is 2.19. The molecule has 0 bridgehead atoms. The molecule has 140 valence electrons. The second-order valence-electron chi connectivity index (χ2n) is 6.53. The molecule has 0 spiro atoms. The van der Waals surface area contributed by atoms with Crippen molar-refractivity contribution in [2.45, 2.75) is 0 Å². The van der Waals surface area contributed by atoms with E-state index in [2.05, 4.69) is 10.4 Å². The van der Waals surface area contributed by atoms with E-state index in [1.165, 1.54) is 0 Å². The number of carbonyl (C=O) groups is 1. The number of para-hydroxylation sites is 1. The number of anilines is 2. The Morgan fingerprint density at radius 1 is 1.00 bits per heavy atom. The summed E-state index contributed by atoms with van der Waals surface area (Å²) in [5.74, 6) is 0.367. The minimum Gasteiger partial charge on any atom is -0.463 e. The van der Waals surface area contributed by atoms with Crippen LogP contribution in [0.25, 0.3) is 17.1 Å². The minimum absolute atomic E-state index is 0.244. The summed E-state index contributed by atoms with van der Waals surface area (Å²) in [5.41, 5.74) is 3.60. The zero-order valence-electron chi connectivity index (χ0n) is 15.7. The number of benzene rings is 2. The molecule has 6 heteroatoms. The summed E-state index contributed by atoms with van der Waals surface area (Å²) in [6.07, 6.45) is 1.59. The molecule has 0 aliphatic rings. The minimum atomic E-state index is -0.244. The lowest BCUT2D eigenvalue weighted by atomic mass is 10.2. The first-order valence-corrected chi connectivity index (χ1v) is 8.90. The largest absolute Gasteiger partial charge is 0.463 e. The molecule has 4 aromatic rings. The second-order valence-corrected chi connectivity index (χ2v) is 6.53. The Balaban J connectivity index is 1.68. The number of amides is 1. The molecular formula is C22H20N4O2. The van der Waals surface area contributed by atoms with Crippen molar-refractivity contribution in [1.82, 2.24) is 9.78 Å². The number of hydrogen-bond acceptors (Lipinski definition) is 4. The van der Waals surface area contributed by atoms with E-state index in [0.29, 0.717) is 17.1 Å². The smallest absolute Gasteiger partial charge is 0.274 e. The van der Waals surface area contributed by atoms with Gasteiger partial charge in [0.25, 0.3) is 5.91 Å². The molecule has 2 aromatic carbocycles. The molecule has 0 saturated heterocycles. The predicted molar refractivity (Wildman–Crippen MR) is 110 cm³/mol. The molecule has 28 heavy (non-hydrogen) atoms. The van der Waals surface area contributed by atoms with Crippen molar-refractivity contribution in [3.8, 4) is 17.1 Å². The highest BCUT2D eigenvalue weighted by Crippen LogP contribution is 2.23. The van der Waals surface area contributed by atoms with E-state index < -0.39 is 0 Å². The van der Waals surface area contributed by atoms with Gasteiger partial charge in [-0.15, -0.1) is 0 Å². The van der Waals surface area contributed by atoms with Crippen molar-refractivity contribution in [1.29, 1.82) is 0 Å². The van der Waals surface area contributed by atoms with Crippen molar-refractivity contribution in [2.75, 3.05) is 24.3 Å². The number of carbonyl (C=O) groups excluding carboxylic acids is 1. The van der Waals surface area contributed by atoms with E-state index in [-0.39, 0.29) is 5.91 Å². The van der Waals surface area contributed by atoms with E-state index in [9.17, 15) is 4.79 Å².